The van der Waals surface area contributed by atoms with Crippen LogP contribution in [0, 0.1) is 13.8 Å². The van der Waals surface area contributed by atoms with Crippen molar-refractivity contribution in [1.29, 1.82) is 0 Å². The molecule has 0 aliphatic carbocycles. The zero-order valence-corrected chi connectivity index (χ0v) is 18.2. The Bertz CT molecular complexity index is 1100. The van der Waals surface area contributed by atoms with Crippen molar-refractivity contribution in [2.24, 2.45) is 0 Å². The number of pyridine rings is 1. The van der Waals surface area contributed by atoms with E-state index in [1.807, 2.05) is 17.7 Å². The highest BCUT2D eigenvalue weighted by molar-refractivity contribution is 6.05. The Morgan fingerprint density at radius 1 is 1.03 bits per heavy atom. The highest BCUT2D eigenvalue weighted by Gasteiger charge is 2.27. The molecule has 0 saturated carbocycles. The third kappa shape index (κ3) is 4.38. The molecular formula is C23H27N5O3. The van der Waals surface area contributed by atoms with Crippen molar-refractivity contribution in [2.75, 3.05) is 32.8 Å². The number of carbonyl (C=O) groups is 2. The SMILES string of the molecule is CCOC(=O)N1CCN(C(=O)c2cc(C)nc3c2cnn3Cc2ccc(C)cc2)CC1. The van der Waals surface area contributed by atoms with Gasteiger partial charge < -0.3 is 14.5 Å². The first-order chi connectivity index (χ1) is 15.0. The Kier molecular flexibility index (Phi) is 5.88. The molecule has 162 valence electrons. The van der Waals surface area contributed by atoms with Crippen molar-refractivity contribution in [2.45, 2.75) is 27.3 Å². The lowest BCUT2D eigenvalue weighted by Gasteiger charge is -2.34. The number of fused-ring (bicyclic) bond motifs is 1. The normalized spacial score (nSPS) is 14.2. The van der Waals surface area contributed by atoms with E-state index < -0.39 is 0 Å². The lowest BCUT2D eigenvalue weighted by Crippen LogP contribution is -2.50. The van der Waals surface area contributed by atoms with Gasteiger partial charge in [0.1, 0.15) is 0 Å². The summed E-state index contributed by atoms with van der Waals surface area (Å²) in [5.74, 6) is -0.0612. The number of benzene rings is 1. The summed E-state index contributed by atoms with van der Waals surface area (Å²) in [6, 6.07) is 10.1. The average molecular weight is 422 g/mol. The Morgan fingerprint density at radius 2 is 1.71 bits per heavy atom. The fourth-order valence-electron chi connectivity index (χ4n) is 3.81. The molecule has 1 aliphatic rings. The van der Waals surface area contributed by atoms with Crippen LogP contribution in [0.25, 0.3) is 11.0 Å². The van der Waals surface area contributed by atoms with Crippen molar-refractivity contribution in [1.82, 2.24) is 24.6 Å². The van der Waals surface area contributed by atoms with Gasteiger partial charge in [0.15, 0.2) is 5.65 Å². The topological polar surface area (TPSA) is 80.6 Å². The highest BCUT2D eigenvalue weighted by Crippen LogP contribution is 2.22. The number of amides is 2. The van der Waals surface area contributed by atoms with Gasteiger partial charge in [-0.25, -0.2) is 14.5 Å². The molecular weight excluding hydrogens is 394 g/mol. The van der Waals surface area contributed by atoms with E-state index in [2.05, 4.69) is 41.3 Å². The Morgan fingerprint density at radius 3 is 2.39 bits per heavy atom. The van der Waals surface area contributed by atoms with E-state index in [4.69, 9.17) is 4.74 Å². The summed E-state index contributed by atoms with van der Waals surface area (Å²) in [4.78, 5) is 33.3. The fourth-order valence-corrected chi connectivity index (χ4v) is 3.81. The maximum absolute atomic E-state index is 13.3. The van der Waals surface area contributed by atoms with Crippen LogP contribution in [0.5, 0.6) is 0 Å². The molecule has 0 bridgehead atoms. The van der Waals surface area contributed by atoms with Gasteiger partial charge in [0.25, 0.3) is 5.91 Å². The molecule has 8 heteroatoms. The van der Waals surface area contributed by atoms with Gasteiger partial charge in [-0.3, -0.25) is 4.79 Å². The van der Waals surface area contributed by atoms with E-state index in [1.165, 1.54) is 5.56 Å². The van der Waals surface area contributed by atoms with E-state index in [1.54, 1.807) is 22.9 Å². The first-order valence-corrected chi connectivity index (χ1v) is 10.6. The summed E-state index contributed by atoms with van der Waals surface area (Å²) < 4.78 is 6.89. The molecule has 3 heterocycles. The Balaban J connectivity index is 1.55. The molecule has 0 spiro atoms. The first-order valence-electron chi connectivity index (χ1n) is 10.6. The zero-order chi connectivity index (χ0) is 22.0. The van der Waals surface area contributed by atoms with Gasteiger partial charge in [0.2, 0.25) is 0 Å². The minimum absolute atomic E-state index is 0.0612. The molecule has 0 N–H and O–H groups in total. The lowest BCUT2D eigenvalue weighted by atomic mass is 10.1. The fraction of sp³-hybridized carbons (Fsp3) is 0.391. The van der Waals surface area contributed by atoms with Gasteiger partial charge >= 0.3 is 6.09 Å². The number of carbonyl (C=O) groups excluding carboxylic acids is 2. The summed E-state index contributed by atoms with van der Waals surface area (Å²) in [7, 11) is 0. The van der Waals surface area contributed by atoms with Crippen LogP contribution in [-0.2, 0) is 11.3 Å². The van der Waals surface area contributed by atoms with Crippen molar-refractivity contribution >= 4 is 23.0 Å². The molecule has 0 atom stereocenters. The van der Waals surface area contributed by atoms with Gasteiger partial charge in [-0.2, -0.15) is 5.10 Å². The maximum Gasteiger partial charge on any atom is 0.409 e. The van der Waals surface area contributed by atoms with Gasteiger partial charge in [-0.15, -0.1) is 0 Å². The number of nitrogens with zero attached hydrogens (tertiary/aromatic N) is 5. The van der Waals surface area contributed by atoms with Gasteiger partial charge in [0.05, 0.1) is 30.3 Å². The van der Waals surface area contributed by atoms with Crippen molar-refractivity contribution in [3.05, 3.63) is 58.9 Å². The number of rotatable bonds is 4. The third-order valence-corrected chi connectivity index (χ3v) is 5.51. The standard InChI is InChI=1S/C23H27N5O3/c1-4-31-23(30)27-11-9-26(10-12-27)22(29)19-13-17(3)25-21-20(19)14-24-28(21)15-18-7-5-16(2)6-8-18/h5-8,13-14H,4,9-12,15H2,1-3H3. The predicted octanol–water partition coefficient (Wildman–Crippen LogP) is 3.01. The maximum atomic E-state index is 13.3. The van der Waals surface area contributed by atoms with Gasteiger partial charge in [-0.05, 0) is 32.4 Å². The first kappa shape index (κ1) is 20.8. The quantitative estimate of drug-likeness (QED) is 0.647. The number of piperazine rings is 1. The van der Waals surface area contributed by atoms with E-state index >= 15 is 0 Å². The minimum atomic E-state index is -0.325. The van der Waals surface area contributed by atoms with E-state index in [-0.39, 0.29) is 12.0 Å². The number of aryl methyl sites for hydroxylation is 2. The van der Waals surface area contributed by atoms with Crippen LogP contribution >= 0.6 is 0 Å². The smallest absolute Gasteiger partial charge is 0.409 e. The third-order valence-electron chi connectivity index (χ3n) is 5.51. The van der Waals surface area contributed by atoms with Gasteiger partial charge in [-0.1, -0.05) is 29.8 Å². The molecule has 1 aromatic carbocycles. The summed E-state index contributed by atoms with van der Waals surface area (Å²) in [5, 5.41) is 5.26. The van der Waals surface area contributed by atoms with Crippen LogP contribution in [0.15, 0.2) is 36.5 Å². The van der Waals surface area contributed by atoms with E-state index in [0.29, 0.717) is 50.5 Å². The molecule has 0 unspecified atom stereocenters. The van der Waals surface area contributed by atoms with Crippen LogP contribution in [0.1, 0.15) is 34.1 Å². The highest BCUT2D eigenvalue weighted by atomic mass is 16.6. The molecule has 8 nitrogen and oxygen atoms in total. The summed E-state index contributed by atoms with van der Waals surface area (Å²) >= 11 is 0. The monoisotopic (exact) mass is 421 g/mol. The largest absolute Gasteiger partial charge is 0.450 e. The number of aromatic nitrogens is 3. The molecule has 2 amide bonds. The van der Waals surface area contributed by atoms with E-state index in [0.717, 1.165) is 16.6 Å². The van der Waals surface area contributed by atoms with Gasteiger partial charge in [0, 0.05) is 31.9 Å². The average Bonchev–Trinajstić information content (AvgIpc) is 3.17. The molecule has 1 fully saturated rings. The van der Waals surface area contributed by atoms with Crippen molar-refractivity contribution in [3.8, 4) is 0 Å². The van der Waals surface area contributed by atoms with Crippen LogP contribution < -0.4 is 0 Å². The van der Waals surface area contributed by atoms with Crippen molar-refractivity contribution < 1.29 is 14.3 Å². The Hall–Kier alpha value is -3.42. The van der Waals surface area contributed by atoms with Crippen LogP contribution in [0.4, 0.5) is 4.79 Å². The summed E-state index contributed by atoms with van der Waals surface area (Å²) in [5.41, 5.74) is 4.41. The molecule has 2 aromatic heterocycles. The molecule has 4 rings (SSSR count). The number of hydrogen-bond acceptors (Lipinski definition) is 5. The second-order valence-corrected chi connectivity index (χ2v) is 7.81. The summed E-state index contributed by atoms with van der Waals surface area (Å²) in [6.07, 6.45) is 1.40. The molecule has 1 aliphatic heterocycles. The zero-order valence-electron chi connectivity index (χ0n) is 18.2. The number of ether oxygens (including phenoxy) is 1. The minimum Gasteiger partial charge on any atom is -0.450 e. The predicted molar refractivity (Wildman–Crippen MR) is 117 cm³/mol. The van der Waals surface area contributed by atoms with Crippen molar-refractivity contribution in [3.63, 3.8) is 0 Å². The summed E-state index contributed by atoms with van der Waals surface area (Å²) in [6.45, 7) is 8.53. The van der Waals surface area contributed by atoms with Crippen LogP contribution in [0.3, 0.4) is 0 Å². The number of hydrogen-bond donors (Lipinski definition) is 0. The second-order valence-electron chi connectivity index (χ2n) is 7.81. The molecule has 0 radical (unpaired) electrons. The molecule has 31 heavy (non-hydrogen) atoms. The lowest BCUT2D eigenvalue weighted by molar-refractivity contribution is 0.0572. The molecule has 3 aromatic rings. The second kappa shape index (κ2) is 8.75. The molecule has 1 saturated heterocycles. The Labute approximate surface area is 181 Å². The van der Waals surface area contributed by atoms with E-state index in [9.17, 15) is 9.59 Å². The van der Waals surface area contributed by atoms with Crippen LogP contribution in [0.2, 0.25) is 0 Å². The van der Waals surface area contributed by atoms with Crippen LogP contribution in [-0.4, -0.2) is 69.4 Å².